The minimum absolute atomic E-state index is 0.165. The Bertz CT molecular complexity index is 1100. The van der Waals surface area contributed by atoms with Crippen LogP contribution in [-0.2, 0) is 12.4 Å². The first-order valence-electron chi connectivity index (χ1n) is 8.81. The summed E-state index contributed by atoms with van der Waals surface area (Å²) in [5.74, 6) is 3.15. The molecule has 0 bridgehead atoms. The number of hydrogen-bond donors (Lipinski definition) is 0. The molecule has 0 spiro atoms. The summed E-state index contributed by atoms with van der Waals surface area (Å²) in [5, 5.41) is 16.6. The summed E-state index contributed by atoms with van der Waals surface area (Å²) in [7, 11) is 1.61. The highest BCUT2D eigenvalue weighted by Gasteiger charge is 2.12. The summed E-state index contributed by atoms with van der Waals surface area (Å²) < 4.78 is 22.1. The number of thioether (sulfide) groups is 1. The van der Waals surface area contributed by atoms with E-state index in [1.54, 1.807) is 13.2 Å². The van der Waals surface area contributed by atoms with Gasteiger partial charge in [-0.05, 0) is 31.2 Å². The summed E-state index contributed by atoms with van der Waals surface area (Å²) in [4.78, 5) is 0. The van der Waals surface area contributed by atoms with Crippen LogP contribution in [0.15, 0.2) is 62.6 Å². The SMILES string of the molecule is COc1cccc(OCc2nnc(SCc3nnc(-c4cccc(C)c4)o3)o2)c1. The third-order valence-electron chi connectivity index (χ3n) is 3.90. The molecule has 0 aliphatic heterocycles. The van der Waals surface area contributed by atoms with Crippen LogP contribution in [0.3, 0.4) is 0 Å². The molecule has 0 saturated carbocycles. The molecule has 0 fully saturated rings. The van der Waals surface area contributed by atoms with E-state index in [-0.39, 0.29) is 6.61 Å². The number of methoxy groups -OCH3 is 1. The van der Waals surface area contributed by atoms with E-state index in [0.29, 0.717) is 40.1 Å². The first-order valence-corrected chi connectivity index (χ1v) is 9.79. The molecule has 0 radical (unpaired) electrons. The zero-order chi connectivity index (χ0) is 20.1. The lowest BCUT2D eigenvalue weighted by atomic mass is 10.1. The number of hydrogen-bond acceptors (Lipinski definition) is 9. The molecule has 29 heavy (non-hydrogen) atoms. The number of nitrogens with zero attached hydrogens (tertiary/aromatic N) is 4. The Hall–Kier alpha value is -3.33. The lowest BCUT2D eigenvalue weighted by Crippen LogP contribution is -1.96. The Balaban J connectivity index is 1.31. The van der Waals surface area contributed by atoms with Gasteiger partial charge in [0.25, 0.3) is 11.1 Å². The largest absolute Gasteiger partial charge is 0.497 e. The highest BCUT2D eigenvalue weighted by Crippen LogP contribution is 2.25. The minimum atomic E-state index is 0.165. The molecule has 0 amide bonds. The molecular weight excluding hydrogens is 392 g/mol. The Morgan fingerprint density at radius 3 is 2.59 bits per heavy atom. The van der Waals surface area contributed by atoms with Gasteiger partial charge >= 0.3 is 0 Å². The summed E-state index contributed by atoms with van der Waals surface area (Å²) in [6.07, 6.45) is 0. The van der Waals surface area contributed by atoms with Crippen LogP contribution in [0, 0.1) is 6.92 Å². The molecule has 0 N–H and O–H groups in total. The third-order valence-corrected chi connectivity index (χ3v) is 4.71. The van der Waals surface area contributed by atoms with E-state index in [4.69, 9.17) is 18.3 Å². The van der Waals surface area contributed by atoms with E-state index in [2.05, 4.69) is 20.4 Å². The van der Waals surface area contributed by atoms with E-state index >= 15 is 0 Å². The molecule has 148 valence electrons. The van der Waals surface area contributed by atoms with Crippen molar-refractivity contribution >= 4 is 11.8 Å². The summed E-state index contributed by atoms with van der Waals surface area (Å²) in [6.45, 7) is 2.18. The van der Waals surface area contributed by atoms with Gasteiger partial charge in [0.15, 0.2) is 6.61 Å². The molecule has 0 atom stereocenters. The van der Waals surface area contributed by atoms with E-state index in [1.807, 2.05) is 49.4 Å². The second-order valence-electron chi connectivity index (χ2n) is 6.09. The van der Waals surface area contributed by atoms with Gasteiger partial charge in [-0.1, -0.05) is 35.5 Å². The zero-order valence-corrected chi connectivity index (χ0v) is 16.7. The lowest BCUT2D eigenvalue weighted by molar-refractivity contribution is 0.251. The normalized spacial score (nSPS) is 10.8. The molecule has 8 nitrogen and oxygen atoms in total. The number of aryl methyl sites for hydroxylation is 1. The summed E-state index contributed by atoms with van der Waals surface area (Å²) in [5.41, 5.74) is 2.02. The average molecular weight is 410 g/mol. The Kier molecular flexibility index (Phi) is 5.76. The van der Waals surface area contributed by atoms with Crippen LogP contribution in [0.1, 0.15) is 17.3 Å². The van der Waals surface area contributed by atoms with Gasteiger partial charge in [0.05, 0.1) is 12.9 Å². The fraction of sp³-hybridized carbons (Fsp3) is 0.200. The molecule has 0 aliphatic carbocycles. The van der Waals surface area contributed by atoms with Gasteiger partial charge in [0.1, 0.15) is 11.5 Å². The van der Waals surface area contributed by atoms with E-state index < -0.39 is 0 Å². The fourth-order valence-corrected chi connectivity index (χ4v) is 3.14. The smallest absolute Gasteiger partial charge is 0.277 e. The predicted molar refractivity (Wildman–Crippen MR) is 106 cm³/mol. The maximum atomic E-state index is 5.71. The Morgan fingerprint density at radius 1 is 0.897 bits per heavy atom. The van der Waals surface area contributed by atoms with Crippen molar-refractivity contribution in [1.82, 2.24) is 20.4 Å². The van der Waals surface area contributed by atoms with E-state index in [0.717, 1.165) is 11.1 Å². The van der Waals surface area contributed by atoms with Crippen LogP contribution >= 0.6 is 11.8 Å². The van der Waals surface area contributed by atoms with E-state index in [1.165, 1.54) is 11.8 Å². The van der Waals surface area contributed by atoms with Crippen molar-refractivity contribution in [2.45, 2.75) is 24.5 Å². The maximum Gasteiger partial charge on any atom is 0.277 e. The second kappa shape index (κ2) is 8.78. The number of ether oxygens (including phenoxy) is 2. The van der Waals surface area contributed by atoms with Gasteiger partial charge in [-0.2, -0.15) is 0 Å². The molecule has 2 aromatic heterocycles. The van der Waals surface area contributed by atoms with Gasteiger partial charge in [0, 0.05) is 11.6 Å². The molecule has 2 heterocycles. The van der Waals surface area contributed by atoms with E-state index in [9.17, 15) is 0 Å². The molecule has 4 aromatic rings. The summed E-state index contributed by atoms with van der Waals surface area (Å²) >= 11 is 1.32. The second-order valence-corrected chi connectivity index (χ2v) is 7.02. The Labute approximate surface area is 171 Å². The van der Waals surface area contributed by atoms with Crippen LogP contribution in [0.2, 0.25) is 0 Å². The van der Waals surface area contributed by atoms with Crippen molar-refractivity contribution in [3.05, 3.63) is 65.9 Å². The van der Waals surface area contributed by atoms with Crippen molar-refractivity contribution < 1.29 is 18.3 Å². The lowest BCUT2D eigenvalue weighted by Gasteiger charge is -2.05. The van der Waals surface area contributed by atoms with Crippen molar-refractivity contribution in [2.75, 3.05) is 7.11 Å². The van der Waals surface area contributed by atoms with Crippen LogP contribution in [0.25, 0.3) is 11.5 Å². The molecule has 9 heteroatoms. The van der Waals surface area contributed by atoms with Crippen molar-refractivity contribution in [2.24, 2.45) is 0 Å². The van der Waals surface area contributed by atoms with Gasteiger partial charge in [-0.3, -0.25) is 0 Å². The van der Waals surface area contributed by atoms with Gasteiger partial charge in [0.2, 0.25) is 11.8 Å². The van der Waals surface area contributed by atoms with Gasteiger partial charge in [-0.15, -0.1) is 20.4 Å². The first kappa shape index (κ1) is 19.0. The minimum Gasteiger partial charge on any atom is -0.497 e. The van der Waals surface area contributed by atoms with Crippen LogP contribution in [0.4, 0.5) is 0 Å². The zero-order valence-electron chi connectivity index (χ0n) is 15.9. The Morgan fingerprint density at radius 2 is 1.72 bits per heavy atom. The van der Waals surface area contributed by atoms with Crippen LogP contribution in [-0.4, -0.2) is 27.5 Å². The highest BCUT2D eigenvalue weighted by atomic mass is 32.2. The highest BCUT2D eigenvalue weighted by molar-refractivity contribution is 7.98. The van der Waals surface area contributed by atoms with Gasteiger partial charge < -0.3 is 18.3 Å². The summed E-state index contributed by atoms with van der Waals surface area (Å²) in [6, 6.07) is 15.2. The fourth-order valence-electron chi connectivity index (χ4n) is 2.52. The van der Waals surface area contributed by atoms with Crippen molar-refractivity contribution in [3.8, 4) is 23.0 Å². The monoisotopic (exact) mass is 410 g/mol. The predicted octanol–water partition coefficient (Wildman–Crippen LogP) is 4.31. The topological polar surface area (TPSA) is 96.3 Å². The standard InChI is InChI=1S/C20H18N4O4S/c1-13-5-3-6-14(9-13)19-23-22-18(27-19)12-29-20-24-21-17(28-20)11-26-16-8-4-7-15(10-16)25-2/h3-10H,11-12H2,1-2H3. The van der Waals surface area contributed by atoms with Crippen LogP contribution < -0.4 is 9.47 Å². The average Bonchev–Trinajstić information content (AvgIpc) is 3.40. The number of aromatic nitrogens is 4. The molecule has 4 rings (SSSR count). The maximum absolute atomic E-state index is 5.71. The van der Waals surface area contributed by atoms with Crippen molar-refractivity contribution in [3.63, 3.8) is 0 Å². The molecular formula is C20H18N4O4S. The molecule has 2 aromatic carbocycles. The van der Waals surface area contributed by atoms with Gasteiger partial charge in [-0.25, -0.2) is 0 Å². The number of rotatable bonds is 8. The number of benzene rings is 2. The van der Waals surface area contributed by atoms with Crippen molar-refractivity contribution in [1.29, 1.82) is 0 Å². The molecule has 0 aliphatic rings. The molecule has 0 unspecified atom stereocenters. The van der Waals surface area contributed by atoms with Crippen LogP contribution in [0.5, 0.6) is 11.5 Å². The quantitative estimate of drug-likeness (QED) is 0.394. The third kappa shape index (κ3) is 4.94. The molecule has 0 saturated heterocycles. The first-order chi connectivity index (χ1) is 14.2.